The highest BCUT2D eigenvalue weighted by atomic mass is 16.2. The fourth-order valence-corrected chi connectivity index (χ4v) is 6.14. The molecule has 0 saturated heterocycles. The van der Waals surface area contributed by atoms with E-state index in [2.05, 4.69) is 16.0 Å². The highest BCUT2D eigenvalue weighted by Crippen LogP contribution is 2.58. The predicted molar refractivity (Wildman–Crippen MR) is 95.5 cm³/mol. The van der Waals surface area contributed by atoms with Crippen LogP contribution >= 0.6 is 0 Å². The van der Waals surface area contributed by atoms with E-state index in [0.29, 0.717) is 24.1 Å². The quantitative estimate of drug-likeness (QED) is 0.775. The zero-order valence-corrected chi connectivity index (χ0v) is 14.4. The van der Waals surface area contributed by atoms with Crippen LogP contribution in [-0.2, 0) is 6.42 Å². The van der Waals surface area contributed by atoms with Gasteiger partial charge in [0.2, 0.25) is 0 Å². The molecule has 3 fully saturated rings. The standard InChI is InChI=1S/C20H25N3O2/c24-19-15-5-2-6-17(14(15)7-8-21-19)22-20(25)23-18-10-11-9-16(18)13-4-1-3-12(11)13/h2,5-6,11-13,16,18H,1,3-4,7-10H2,(H,21,24)(H2,22,23,25). The van der Waals surface area contributed by atoms with Gasteiger partial charge in [-0.25, -0.2) is 4.79 Å². The number of anilines is 1. The van der Waals surface area contributed by atoms with E-state index in [1.54, 1.807) is 0 Å². The lowest BCUT2D eigenvalue weighted by Crippen LogP contribution is -2.44. The minimum absolute atomic E-state index is 0.0503. The number of benzene rings is 1. The molecule has 2 bridgehead atoms. The fourth-order valence-electron chi connectivity index (χ4n) is 6.14. The van der Waals surface area contributed by atoms with Gasteiger partial charge in [-0.2, -0.15) is 0 Å². The SMILES string of the molecule is O=C(Nc1cccc2c1CCNC2=O)NC1CC2CC1C1CCCC21. The fraction of sp³-hybridized carbons (Fsp3) is 0.600. The molecule has 5 unspecified atom stereocenters. The first-order valence-electron chi connectivity index (χ1n) is 9.68. The summed E-state index contributed by atoms with van der Waals surface area (Å²) in [5.41, 5.74) is 2.40. The summed E-state index contributed by atoms with van der Waals surface area (Å²) in [4.78, 5) is 24.5. The van der Waals surface area contributed by atoms with E-state index in [0.717, 1.165) is 41.8 Å². The molecule has 5 heteroatoms. The van der Waals surface area contributed by atoms with Crippen LogP contribution in [0, 0.1) is 23.7 Å². The van der Waals surface area contributed by atoms with Crippen molar-refractivity contribution in [3.63, 3.8) is 0 Å². The summed E-state index contributed by atoms with van der Waals surface area (Å²) < 4.78 is 0. The molecule has 132 valence electrons. The Morgan fingerprint density at radius 3 is 2.92 bits per heavy atom. The highest BCUT2D eigenvalue weighted by Gasteiger charge is 2.54. The monoisotopic (exact) mass is 339 g/mol. The van der Waals surface area contributed by atoms with E-state index in [9.17, 15) is 9.59 Å². The lowest BCUT2D eigenvalue weighted by Gasteiger charge is -2.32. The molecule has 25 heavy (non-hydrogen) atoms. The third kappa shape index (κ3) is 2.43. The van der Waals surface area contributed by atoms with Gasteiger partial charge < -0.3 is 16.0 Å². The Labute approximate surface area is 147 Å². The molecule has 4 aliphatic rings. The van der Waals surface area contributed by atoms with E-state index in [1.165, 1.54) is 25.7 Å². The summed E-state index contributed by atoms with van der Waals surface area (Å²) in [5, 5.41) is 9.10. The number of hydrogen-bond acceptors (Lipinski definition) is 2. The van der Waals surface area contributed by atoms with Crippen molar-refractivity contribution in [3.05, 3.63) is 29.3 Å². The normalized spacial score (nSPS) is 35.0. The number of carbonyl (C=O) groups excluding carboxylic acids is 2. The van der Waals surface area contributed by atoms with Crippen molar-refractivity contribution in [2.24, 2.45) is 23.7 Å². The Morgan fingerprint density at radius 2 is 2.00 bits per heavy atom. The van der Waals surface area contributed by atoms with Gasteiger partial charge in [-0.05, 0) is 73.5 Å². The van der Waals surface area contributed by atoms with Crippen molar-refractivity contribution in [2.75, 3.05) is 11.9 Å². The maximum atomic E-state index is 12.6. The summed E-state index contributed by atoms with van der Waals surface area (Å²) in [6.07, 6.45) is 7.35. The van der Waals surface area contributed by atoms with E-state index in [4.69, 9.17) is 0 Å². The van der Waals surface area contributed by atoms with Gasteiger partial charge in [0.25, 0.3) is 5.91 Å². The van der Waals surface area contributed by atoms with Crippen molar-refractivity contribution in [1.82, 2.24) is 10.6 Å². The minimum atomic E-state index is -0.119. The molecule has 3 N–H and O–H groups in total. The third-order valence-corrected chi connectivity index (χ3v) is 7.07. The van der Waals surface area contributed by atoms with Crippen LogP contribution in [0.25, 0.3) is 0 Å². The minimum Gasteiger partial charge on any atom is -0.352 e. The van der Waals surface area contributed by atoms with Gasteiger partial charge >= 0.3 is 6.03 Å². The summed E-state index contributed by atoms with van der Waals surface area (Å²) >= 11 is 0. The number of fused-ring (bicyclic) bond motifs is 6. The van der Waals surface area contributed by atoms with Gasteiger partial charge in [-0.15, -0.1) is 0 Å². The molecule has 1 heterocycles. The summed E-state index contributed by atoms with van der Waals surface area (Å²) in [7, 11) is 0. The van der Waals surface area contributed by atoms with E-state index < -0.39 is 0 Å². The molecule has 5 rings (SSSR count). The second-order valence-corrected chi connectivity index (χ2v) is 8.20. The molecule has 0 radical (unpaired) electrons. The van der Waals surface area contributed by atoms with Gasteiger partial charge in [-0.1, -0.05) is 12.5 Å². The van der Waals surface area contributed by atoms with E-state index in [1.807, 2.05) is 18.2 Å². The topological polar surface area (TPSA) is 70.2 Å². The predicted octanol–water partition coefficient (Wildman–Crippen LogP) is 2.92. The van der Waals surface area contributed by atoms with E-state index >= 15 is 0 Å². The van der Waals surface area contributed by atoms with Crippen LogP contribution in [0.1, 0.15) is 48.0 Å². The Bertz CT molecular complexity index is 732. The number of urea groups is 1. The molecule has 3 saturated carbocycles. The maximum Gasteiger partial charge on any atom is 0.319 e. The van der Waals surface area contributed by atoms with E-state index in [-0.39, 0.29) is 11.9 Å². The Morgan fingerprint density at radius 1 is 1.12 bits per heavy atom. The Hall–Kier alpha value is -2.04. The first kappa shape index (κ1) is 15.2. The van der Waals surface area contributed by atoms with Crippen LogP contribution in [0.2, 0.25) is 0 Å². The molecular weight excluding hydrogens is 314 g/mol. The van der Waals surface area contributed by atoms with Crippen LogP contribution in [0.5, 0.6) is 0 Å². The second-order valence-electron chi connectivity index (χ2n) is 8.20. The summed E-state index contributed by atoms with van der Waals surface area (Å²) in [5.74, 6) is 3.24. The molecule has 5 atom stereocenters. The van der Waals surface area contributed by atoms with Crippen molar-refractivity contribution in [1.29, 1.82) is 0 Å². The first-order chi connectivity index (χ1) is 12.2. The van der Waals surface area contributed by atoms with Crippen molar-refractivity contribution in [2.45, 2.75) is 44.6 Å². The smallest absolute Gasteiger partial charge is 0.319 e. The molecule has 1 aromatic carbocycles. The van der Waals surface area contributed by atoms with Crippen LogP contribution in [0.4, 0.5) is 10.5 Å². The number of carbonyl (C=O) groups is 2. The number of amides is 3. The molecule has 3 aliphatic carbocycles. The van der Waals surface area contributed by atoms with Crippen LogP contribution < -0.4 is 16.0 Å². The zero-order chi connectivity index (χ0) is 17.0. The number of hydrogen-bond donors (Lipinski definition) is 3. The lowest BCUT2D eigenvalue weighted by molar-refractivity contribution is 0.0946. The van der Waals surface area contributed by atoms with Crippen molar-refractivity contribution < 1.29 is 9.59 Å². The molecule has 0 aromatic heterocycles. The largest absolute Gasteiger partial charge is 0.352 e. The third-order valence-electron chi connectivity index (χ3n) is 7.07. The van der Waals surface area contributed by atoms with Crippen LogP contribution in [-0.4, -0.2) is 24.5 Å². The van der Waals surface area contributed by atoms with Gasteiger partial charge in [-0.3, -0.25) is 4.79 Å². The van der Waals surface area contributed by atoms with Crippen molar-refractivity contribution in [3.8, 4) is 0 Å². The molecule has 0 spiro atoms. The highest BCUT2D eigenvalue weighted by molar-refractivity contribution is 6.00. The number of rotatable bonds is 2. The first-order valence-corrected chi connectivity index (χ1v) is 9.68. The molecular formula is C20H25N3O2. The molecule has 3 amide bonds. The van der Waals surface area contributed by atoms with Gasteiger partial charge in [0.1, 0.15) is 0 Å². The Kier molecular flexibility index (Phi) is 3.50. The molecule has 5 nitrogen and oxygen atoms in total. The van der Waals surface area contributed by atoms with Crippen molar-refractivity contribution >= 4 is 17.6 Å². The van der Waals surface area contributed by atoms with Gasteiger partial charge in [0.15, 0.2) is 0 Å². The van der Waals surface area contributed by atoms with Gasteiger partial charge in [0, 0.05) is 23.8 Å². The summed E-state index contributed by atoms with van der Waals surface area (Å²) in [6.45, 7) is 0.627. The maximum absolute atomic E-state index is 12.6. The zero-order valence-electron chi connectivity index (χ0n) is 14.4. The molecule has 1 aliphatic heterocycles. The Balaban J connectivity index is 1.28. The lowest BCUT2D eigenvalue weighted by atomic mass is 9.79. The second kappa shape index (κ2) is 5.75. The average Bonchev–Trinajstić information content (AvgIpc) is 3.28. The van der Waals surface area contributed by atoms with Crippen LogP contribution in [0.15, 0.2) is 18.2 Å². The molecule has 1 aromatic rings. The average molecular weight is 339 g/mol. The number of nitrogens with one attached hydrogen (secondary N) is 3. The summed E-state index contributed by atoms with van der Waals surface area (Å²) in [6, 6.07) is 5.76. The van der Waals surface area contributed by atoms with Crippen LogP contribution in [0.3, 0.4) is 0 Å². The van der Waals surface area contributed by atoms with Gasteiger partial charge in [0.05, 0.1) is 0 Å².